The maximum atomic E-state index is 6.27. The fourth-order valence-corrected chi connectivity index (χ4v) is 3.22. The smallest absolute Gasteiger partial charge is 0.227 e. The average molecular weight is 374 g/mol. The summed E-state index contributed by atoms with van der Waals surface area (Å²) in [7, 11) is 1.70. The lowest BCUT2D eigenvalue weighted by Crippen LogP contribution is -2.37. The molecule has 0 atom stereocenters. The fourth-order valence-electron chi connectivity index (χ4n) is 3.04. The molecule has 7 nitrogen and oxygen atoms in total. The monoisotopic (exact) mass is 373 g/mol. The number of fused-ring (bicyclic) bond motifs is 1. The summed E-state index contributed by atoms with van der Waals surface area (Å²) in [5, 5.41) is 0.435. The van der Waals surface area contributed by atoms with Crippen molar-refractivity contribution in [2.45, 2.75) is 6.54 Å². The zero-order chi connectivity index (χ0) is 17.9. The number of imidazole rings is 1. The highest BCUT2D eigenvalue weighted by Gasteiger charge is 2.16. The van der Waals surface area contributed by atoms with Crippen molar-refractivity contribution >= 4 is 28.6 Å². The summed E-state index contributed by atoms with van der Waals surface area (Å²) in [5.74, 6) is 0.642. The van der Waals surface area contributed by atoms with Crippen LogP contribution in [-0.4, -0.2) is 59.5 Å². The summed E-state index contributed by atoms with van der Waals surface area (Å²) in [6.07, 6.45) is 1.83. The van der Waals surface area contributed by atoms with E-state index in [1.807, 2.05) is 18.5 Å². The Morgan fingerprint density at radius 1 is 1.19 bits per heavy atom. The van der Waals surface area contributed by atoms with Gasteiger partial charge in [0.25, 0.3) is 0 Å². The van der Waals surface area contributed by atoms with Crippen molar-refractivity contribution in [2.24, 2.45) is 0 Å². The summed E-state index contributed by atoms with van der Waals surface area (Å²) in [6, 6.07) is 7.89. The van der Waals surface area contributed by atoms with Gasteiger partial charge < -0.3 is 18.9 Å². The molecule has 1 saturated heterocycles. The molecule has 3 heterocycles. The molecule has 0 aliphatic carbocycles. The molecule has 1 aliphatic heterocycles. The zero-order valence-electron chi connectivity index (χ0n) is 14.6. The summed E-state index contributed by atoms with van der Waals surface area (Å²) in [6.45, 7) is 4.27. The third kappa shape index (κ3) is 3.51. The van der Waals surface area contributed by atoms with E-state index in [1.54, 1.807) is 13.2 Å². The number of anilines is 1. The van der Waals surface area contributed by atoms with Crippen molar-refractivity contribution in [3.8, 4) is 11.3 Å². The van der Waals surface area contributed by atoms with Crippen molar-refractivity contribution in [1.82, 2.24) is 19.5 Å². The van der Waals surface area contributed by atoms with Crippen molar-refractivity contribution in [2.75, 3.05) is 44.9 Å². The van der Waals surface area contributed by atoms with Crippen LogP contribution in [0.15, 0.2) is 30.6 Å². The highest BCUT2D eigenvalue weighted by atomic mass is 35.5. The van der Waals surface area contributed by atoms with Gasteiger partial charge in [0, 0.05) is 38.4 Å². The van der Waals surface area contributed by atoms with Crippen LogP contribution in [-0.2, 0) is 16.0 Å². The van der Waals surface area contributed by atoms with E-state index in [0.29, 0.717) is 30.9 Å². The molecule has 0 amide bonds. The molecule has 1 aromatic carbocycles. The molecule has 0 spiro atoms. The maximum Gasteiger partial charge on any atom is 0.227 e. The quantitative estimate of drug-likeness (QED) is 0.640. The number of hydrogen-bond donors (Lipinski definition) is 0. The zero-order valence-corrected chi connectivity index (χ0v) is 15.3. The first-order valence-corrected chi connectivity index (χ1v) is 8.94. The molecule has 0 saturated carbocycles. The van der Waals surface area contributed by atoms with Gasteiger partial charge in [0.2, 0.25) is 5.95 Å². The van der Waals surface area contributed by atoms with Crippen LogP contribution in [0.5, 0.6) is 0 Å². The summed E-state index contributed by atoms with van der Waals surface area (Å²) >= 11 is 6.27. The van der Waals surface area contributed by atoms with Crippen LogP contribution in [0.2, 0.25) is 5.15 Å². The molecule has 26 heavy (non-hydrogen) atoms. The summed E-state index contributed by atoms with van der Waals surface area (Å²) < 4.78 is 12.7. The van der Waals surface area contributed by atoms with Gasteiger partial charge in [-0.15, -0.1) is 0 Å². The number of hydrogen-bond acceptors (Lipinski definition) is 6. The highest BCUT2D eigenvalue weighted by molar-refractivity contribution is 6.29. The minimum absolute atomic E-state index is 0.435. The van der Waals surface area contributed by atoms with Gasteiger partial charge in [-0.25, -0.2) is 15.0 Å². The van der Waals surface area contributed by atoms with Crippen LogP contribution in [0.3, 0.4) is 0 Å². The molecule has 3 aromatic rings. The van der Waals surface area contributed by atoms with Gasteiger partial charge in [0.05, 0.1) is 42.9 Å². The van der Waals surface area contributed by atoms with E-state index >= 15 is 0 Å². The van der Waals surface area contributed by atoms with Crippen LogP contribution in [0.25, 0.3) is 22.3 Å². The summed E-state index contributed by atoms with van der Waals surface area (Å²) in [5.41, 5.74) is 3.77. The highest BCUT2D eigenvalue weighted by Crippen LogP contribution is 2.26. The van der Waals surface area contributed by atoms with E-state index in [-0.39, 0.29) is 0 Å². The maximum absolute atomic E-state index is 6.27. The van der Waals surface area contributed by atoms with Crippen LogP contribution in [0.1, 0.15) is 0 Å². The fraction of sp³-hybridized carbons (Fsp3) is 0.389. The Labute approximate surface area is 156 Å². The Morgan fingerprint density at radius 2 is 2.04 bits per heavy atom. The second-order valence-electron chi connectivity index (χ2n) is 6.11. The van der Waals surface area contributed by atoms with Gasteiger partial charge >= 0.3 is 0 Å². The molecular weight excluding hydrogens is 354 g/mol. The number of halogens is 1. The molecular formula is C18H20ClN5O2. The summed E-state index contributed by atoms with van der Waals surface area (Å²) in [4.78, 5) is 15.7. The Balaban J connectivity index is 1.71. The minimum Gasteiger partial charge on any atom is -0.383 e. The van der Waals surface area contributed by atoms with Crippen LogP contribution < -0.4 is 4.90 Å². The Bertz CT molecular complexity index is 908. The Morgan fingerprint density at radius 3 is 2.85 bits per heavy atom. The average Bonchev–Trinajstić information content (AvgIpc) is 3.09. The van der Waals surface area contributed by atoms with E-state index in [9.17, 15) is 0 Å². The predicted molar refractivity (Wildman–Crippen MR) is 101 cm³/mol. The number of aromatic nitrogens is 4. The molecule has 1 aliphatic rings. The third-order valence-corrected chi connectivity index (χ3v) is 4.62. The van der Waals surface area contributed by atoms with E-state index in [1.165, 1.54) is 0 Å². The predicted octanol–water partition coefficient (Wildman–Crippen LogP) is 2.63. The molecule has 0 radical (unpaired) electrons. The van der Waals surface area contributed by atoms with E-state index in [2.05, 4.69) is 25.5 Å². The first-order valence-electron chi connectivity index (χ1n) is 8.56. The lowest BCUT2D eigenvalue weighted by molar-refractivity contribution is 0.122. The number of ether oxygens (including phenoxy) is 2. The first kappa shape index (κ1) is 17.2. The van der Waals surface area contributed by atoms with Gasteiger partial charge in [-0.05, 0) is 12.1 Å². The van der Waals surface area contributed by atoms with Crippen LogP contribution >= 0.6 is 11.6 Å². The van der Waals surface area contributed by atoms with Gasteiger partial charge in [-0.3, -0.25) is 0 Å². The van der Waals surface area contributed by atoms with Crippen molar-refractivity contribution in [1.29, 1.82) is 0 Å². The second kappa shape index (κ2) is 7.57. The normalized spacial score (nSPS) is 14.9. The molecule has 8 heteroatoms. The first-order chi connectivity index (χ1) is 12.7. The van der Waals surface area contributed by atoms with Crippen LogP contribution in [0, 0.1) is 0 Å². The molecule has 0 bridgehead atoms. The molecule has 0 N–H and O–H groups in total. The molecule has 4 rings (SSSR count). The minimum atomic E-state index is 0.435. The Kier molecular flexibility index (Phi) is 5.01. The second-order valence-corrected chi connectivity index (χ2v) is 6.50. The molecule has 0 unspecified atom stereocenters. The van der Waals surface area contributed by atoms with Gasteiger partial charge in [0.1, 0.15) is 5.15 Å². The standard InChI is InChI=1S/C18H20ClN5O2/c1-25-7-4-24-12-20-14-3-2-13(10-16(14)24)15-11-17(19)22-18(21-15)23-5-8-26-9-6-23/h2-3,10-12H,4-9H2,1H3. The van der Waals surface area contributed by atoms with Crippen molar-refractivity contribution in [3.05, 3.63) is 35.7 Å². The Hall–Kier alpha value is -2.22. The number of nitrogens with zero attached hydrogens (tertiary/aromatic N) is 5. The van der Waals surface area contributed by atoms with Crippen molar-refractivity contribution < 1.29 is 9.47 Å². The number of methoxy groups -OCH3 is 1. The van der Waals surface area contributed by atoms with E-state index in [4.69, 9.17) is 26.1 Å². The molecule has 2 aromatic heterocycles. The van der Waals surface area contributed by atoms with Gasteiger partial charge in [-0.2, -0.15) is 0 Å². The number of benzene rings is 1. The number of morpholine rings is 1. The van der Waals surface area contributed by atoms with E-state index < -0.39 is 0 Å². The molecule has 136 valence electrons. The van der Waals surface area contributed by atoms with Gasteiger partial charge in [0.15, 0.2) is 0 Å². The van der Waals surface area contributed by atoms with Crippen LogP contribution in [0.4, 0.5) is 5.95 Å². The lowest BCUT2D eigenvalue weighted by atomic mass is 10.1. The van der Waals surface area contributed by atoms with E-state index in [0.717, 1.165) is 41.9 Å². The molecule has 1 fully saturated rings. The largest absolute Gasteiger partial charge is 0.383 e. The van der Waals surface area contributed by atoms with Gasteiger partial charge in [-0.1, -0.05) is 17.7 Å². The topological polar surface area (TPSA) is 65.3 Å². The lowest BCUT2D eigenvalue weighted by Gasteiger charge is -2.27. The third-order valence-electron chi connectivity index (χ3n) is 4.43. The van der Waals surface area contributed by atoms with Crippen molar-refractivity contribution in [3.63, 3.8) is 0 Å². The number of rotatable bonds is 5. The SMILES string of the molecule is COCCn1cnc2ccc(-c3cc(Cl)nc(N4CCOCC4)n3)cc21.